The molecule has 0 aliphatic rings. The van der Waals surface area contributed by atoms with E-state index in [0.29, 0.717) is 6.35 Å². The van der Waals surface area contributed by atoms with Gasteiger partial charge in [0.15, 0.2) is 0 Å². The molecule has 0 aliphatic carbocycles. The average molecular weight is 184 g/mol. The SMILES string of the molecule is Cc1ccc(OCP(C)O)cc1. The monoisotopic (exact) mass is 184 g/mol. The fourth-order valence-corrected chi connectivity index (χ4v) is 1.14. The van der Waals surface area contributed by atoms with Crippen LogP contribution >= 0.6 is 8.15 Å². The lowest BCUT2D eigenvalue weighted by Crippen LogP contribution is -1.93. The average Bonchev–Trinajstić information content (AvgIpc) is 2.03. The number of ether oxygens (including phenoxy) is 1. The van der Waals surface area contributed by atoms with Gasteiger partial charge in [0, 0.05) is 0 Å². The third kappa shape index (κ3) is 3.21. The molecule has 0 radical (unpaired) electrons. The molecule has 0 saturated heterocycles. The van der Waals surface area contributed by atoms with E-state index in [1.165, 1.54) is 5.56 Å². The first kappa shape index (κ1) is 9.50. The van der Waals surface area contributed by atoms with Crippen molar-refractivity contribution in [1.29, 1.82) is 0 Å². The van der Waals surface area contributed by atoms with Gasteiger partial charge in [0.05, 0.1) is 8.15 Å². The summed E-state index contributed by atoms with van der Waals surface area (Å²) in [6.07, 6.45) is 0.415. The highest BCUT2D eigenvalue weighted by molar-refractivity contribution is 7.50. The minimum atomic E-state index is -0.954. The van der Waals surface area contributed by atoms with Gasteiger partial charge in [-0.15, -0.1) is 0 Å². The molecule has 1 atom stereocenters. The first-order chi connectivity index (χ1) is 5.68. The van der Waals surface area contributed by atoms with Crippen LogP contribution in [0.25, 0.3) is 0 Å². The minimum absolute atomic E-state index is 0.415. The summed E-state index contributed by atoms with van der Waals surface area (Å²) in [5, 5.41) is 0. The van der Waals surface area contributed by atoms with E-state index in [0.717, 1.165) is 5.75 Å². The maximum atomic E-state index is 9.01. The summed E-state index contributed by atoms with van der Waals surface area (Å²) in [7, 11) is -0.954. The third-order valence-corrected chi connectivity index (χ3v) is 1.94. The summed E-state index contributed by atoms with van der Waals surface area (Å²) in [6, 6.07) is 7.80. The third-order valence-electron chi connectivity index (χ3n) is 1.44. The molecule has 1 N–H and O–H groups in total. The highest BCUT2D eigenvalue weighted by Gasteiger charge is 1.96. The Morgan fingerprint density at radius 2 is 1.92 bits per heavy atom. The topological polar surface area (TPSA) is 29.5 Å². The van der Waals surface area contributed by atoms with Crippen LogP contribution in [-0.2, 0) is 0 Å². The Hall–Kier alpha value is -0.590. The summed E-state index contributed by atoms with van der Waals surface area (Å²) in [5.74, 6) is 0.823. The molecular formula is C9H13O2P. The number of hydrogen-bond acceptors (Lipinski definition) is 2. The normalized spacial score (nSPS) is 12.6. The summed E-state index contributed by atoms with van der Waals surface area (Å²) in [4.78, 5) is 9.01. The largest absolute Gasteiger partial charge is 0.487 e. The summed E-state index contributed by atoms with van der Waals surface area (Å²) < 4.78 is 5.30. The zero-order valence-corrected chi connectivity index (χ0v) is 8.21. The summed E-state index contributed by atoms with van der Waals surface area (Å²) in [6.45, 7) is 3.80. The van der Waals surface area contributed by atoms with Crippen LogP contribution in [0.4, 0.5) is 0 Å². The van der Waals surface area contributed by atoms with E-state index in [4.69, 9.17) is 9.63 Å². The summed E-state index contributed by atoms with van der Waals surface area (Å²) in [5.41, 5.74) is 1.21. The predicted octanol–water partition coefficient (Wildman–Crippen LogP) is 2.35. The van der Waals surface area contributed by atoms with Gasteiger partial charge < -0.3 is 9.63 Å². The van der Waals surface area contributed by atoms with Crippen molar-refractivity contribution in [2.45, 2.75) is 6.92 Å². The molecule has 1 unspecified atom stereocenters. The Bertz CT molecular complexity index is 231. The van der Waals surface area contributed by atoms with Crippen molar-refractivity contribution in [1.82, 2.24) is 0 Å². The van der Waals surface area contributed by atoms with Crippen LogP contribution in [0, 0.1) is 6.92 Å². The van der Waals surface area contributed by atoms with Crippen LogP contribution in [0.2, 0.25) is 0 Å². The maximum Gasteiger partial charge on any atom is 0.131 e. The molecule has 3 heteroatoms. The van der Waals surface area contributed by atoms with Gasteiger partial charge >= 0.3 is 0 Å². The molecule has 0 aromatic heterocycles. The van der Waals surface area contributed by atoms with Crippen molar-refractivity contribution in [2.24, 2.45) is 0 Å². The first-order valence-electron chi connectivity index (χ1n) is 3.78. The van der Waals surface area contributed by atoms with Gasteiger partial charge in [0.1, 0.15) is 12.1 Å². The van der Waals surface area contributed by atoms with E-state index in [9.17, 15) is 0 Å². The second-order valence-corrected chi connectivity index (χ2v) is 4.32. The Morgan fingerprint density at radius 1 is 1.33 bits per heavy atom. The predicted molar refractivity (Wildman–Crippen MR) is 51.7 cm³/mol. The molecule has 0 heterocycles. The molecule has 0 bridgehead atoms. The molecule has 0 amide bonds. The standard InChI is InChI=1S/C9H13O2P/c1-8-3-5-9(6-4-8)11-7-12(2)10/h3-6,10H,7H2,1-2H3. The molecule has 66 valence electrons. The van der Waals surface area contributed by atoms with Gasteiger partial charge in [-0.05, 0) is 25.7 Å². The Kier molecular flexibility index (Phi) is 3.51. The Balaban J connectivity index is 2.48. The van der Waals surface area contributed by atoms with Crippen LogP contribution in [0.3, 0.4) is 0 Å². The lowest BCUT2D eigenvalue weighted by atomic mass is 10.2. The molecule has 1 rings (SSSR count). The van der Waals surface area contributed by atoms with Crippen molar-refractivity contribution >= 4 is 8.15 Å². The number of aryl methyl sites for hydroxylation is 1. The van der Waals surface area contributed by atoms with E-state index < -0.39 is 8.15 Å². The fraction of sp³-hybridized carbons (Fsp3) is 0.333. The van der Waals surface area contributed by atoms with Crippen LogP contribution in [0.5, 0.6) is 5.75 Å². The Morgan fingerprint density at radius 3 is 2.42 bits per heavy atom. The molecule has 12 heavy (non-hydrogen) atoms. The number of benzene rings is 1. The van der Waals surface area contributed by atoms with E-state index in [2.05, 4.69) is 0 Å². The highest BCUT2D eigenvalue weighted by atomic mass is 31.1. The van der Waals surface area contributed by atoms with Crippen molar-refractivity contribution in [3.63, 3.8) is 0 Å². The number of hydrogen-bond donors (Lipinski definition) is 1. The van der Waals surface area contributed by atoms with Crippen molar-refractivity contribution in [2.75, 3.05) is 13.0 Å². The van der Waals surface area contributed by atoms with Gasteiger partial charge in [-0.25, -0.2) is 0 Å². The van der Waals surface area contributed by atoms with Crippen molar-refractivity contribution in [3.8, 4) is 5.75 Å². The van der Waals surface area contributed by atoms with Crippen LogP contribution < -0.4 is 4.74 Å². The zero-order chi connectivity index (χ0) is 8.97. The molecule has 0 spiro atoms. The van der Waals surface area contributed by atoms with Crippen LogP contribution in [-0.4, -0.2) is 17.9 Å². The summed E-state index contributed by atoms with van der Waals surface area (Å²) >= 11 is 0. The van der Waals surface area contributed by atoms with E-state index >= 15 is 0 Å². The fourth-order valence-electron chi connectivity index (χ4n) is 0.802. The van der Waals surface area contributed by atoms with Crippen LogP contribution in [0.1, 0.15) is 5.56 Å². The van der Waals surface area contributed by atoms with Crippen LogP contribution in [0.15, 0.2) is 24.3 Å². The number of rotatable bonds is 3. The first-order valence-corrected chi connectivity index (χ1v) is 5.70. The zero-order valence-electron chi connectivity index (χ0n) is 7.32. The molecule has 0 aliphatic heterocycles. The van der Waals surface area contributed by atoms with Gasteiger partial charge in [-0.1, -0.05) is 17.7 Å². The molecule has 0 saturated carbocycles. The minimum Gasteiger partial charge on any atom is -0.487 e. The van der Waals surface area contributed by atoms with E-state index in [-0.39, 0.29) is 0 Å². The maximum absolute atomic E-state index is 9.01. The van der Waals surface area contributed by atoms with Gasteiger partial charge in [0.25, 0.3) is 0 Å². The van der Waals surface area contributed by atoms with Crippen molar-refractivity contribution < 1.29 is 9.63 Å². The van der Waals surface area contributed by atoms with Gasteiger partial charge in [-0.3, -0.25) is 0 Å². The van der Waals surface area contributed by atoms with E-state index in [1.807, 2.05) is 31.2 Å². The van der Waals surface area contributed by atoms with E-state index in [1.54, 1.807) is 6.66 Å². The molecule has 2 nitrogen and oxygen atoms in total. The molecule has 1 aromatic carbocycles. The second kappa shape index (κ2) is 4.44. The lowest BCUT2D eigenvalue weighted by Gasteiger charge is -2.07. The molecule has 0 fully saturated rings. The highest BCUT2D eigenvalue weighted by Crippen LogP contribution is 2.24. The molecule has 1 aromatic rings. The Labute approximate surface area is 74.0 Å². The van der Waals surface area contributed by atoms with Gasteiger partial charge in [-0.2, -0.15) is 0 Å². The van der Waals surface area contributed by atoms with Crippen molar-refractivity contribution in [3.05, 3.63) is 29.8 Å². The molecular weight excluding hydrogens is 171 g/mol. The quantitative estimate of drug-likeness (QED) is 0.730. The second-order valence-electron chi connectivity index (χ2n) is 2.74. The lowest BCUT2D eigenvalue weighted by molar-refractivity contribution is 0.376. The van der Waals surface area contributed by atoms with Gasteiger partial charge in [0.2, 0.25) is 0 Å². The smallest absolute Gasteiger partial charge is 0.131 e.